The fourth-order valence-corrected chi connectivity index (χ4v) is 1.97. The second-order valence-corrected chi connectivity index (χ2v) is 5.13. The van der Waals surface area contributed by atoms with E-state index in [0.717, 1.165) is 35.9 Å². The number of nitrogens with zero attached hydrogens (tertiary/aromatic N) is 4. The van der Waals surface area contributed by atoms with E-state index in [9.17, 15) is 0 Å². The number of aryl methyl sites for hydroxylation is 1. The predicted octanol–water partition coefficient (Wildman–Crippen LogP) is 2.28. The SMILES string of the molecule is CCCNc1cc(-c2cnn(C)c2)nc(CC(C)OC)n1. The molecule has 0 amide bonds. The maximum absolute atomic E-state index is 5.31. The minimum absolute atomic E-state index is 0.0909. The molecule has 0 aliphatic heterocycles. The molecule has 0 aliphatic rings. The van der Waals surface area contributed by atoms with Crippen molar-refractivity contribution in [1.82, 2.24) is 19.7 Å². The molecule has 21 heavy (non-hydrogen) atoms. The highest BCUT2D eigenvalue weighted by atomic mass is 16.5. The van der Waals surface area contributed by atoms with Gasteiger partial charge in [-0.1, -0.05) is 6.92 Å². The molecule has 114 valence electrons. The number of anilines is 1. The van der Waals surface area contributed by atoms with Crippen molar-refractivity contribution >= 4 is 5.82 Å². The minimum Gasteiger partial charge on any atom is -0.381 e. The van der Waals surface area contributed by atoms with E-state index < -0.39 is 0 Å². The van der Waals surface area contributed by atoms with E-state index in [1.165, 1.54) is 0 Å². The molecule has 0 radical (unpaired) electrons. The summed E-state index contributed by atoms with van der Waals surface area (Å²) in [6.07, 6.45) is 5.60. The molecular weight excluding hydrogens is 266 g/mol. The van der Waals surface area contributed by atoms with Crippen LogP contribution < -0.4 is 5.32 Å². The van der Waals surface area contributed by atoms with E-state index in [1.807, 2.05) is 32.4 Å². The standard InChI is InChI=1S/C15H23N5O/c1-5-6-16-14-8-13(12-9-17-20(3)10-12)18-15(19-14)7-11(2)21-4/h8-11H,5-7H2,1-4H3,(H,16,18,19). The minimum atomic E-state index is 0.0909. The van der Waals surface area contributed by atoms with Crippen molar-refractivity contribution in [3.05, 3.63) is 24.3 Å². The third-order valence-corrected chi connectivity index (χ3v) is 3.20. The van der Waals surface area contributed by atoms with Gasteiger partial charge in [0.05, 0.1) is 18.0 Å². The highest BCUT2D eigenvalue weighted by Crippen LogP contribution is 2.20. The van der Waals surface area contributed by atoms with Crippen LogP contribution in [0.2, 0.25) is 0 Å². The van der Waals surface area contributed by atoms with Gasteiger partial charge in [0.15, 0.2) is 0 Å². The monoisotopic (exact) mass is 289 g/mol. The zero-order valence-electron chi connectivity index (χ0n) is 13.1. The van der Waals surface area contributed by atoms with Gasteiger partial charge >= 0.3 is 0 Å². The van der Waals surface area contributed by atoms with Crippen molar-refractivity contribution in [2.45, 2.75) is 32.8 Å². The summed E-state index contributed by atoms with van der Waals surface area (Å²) in [6.45, 7) is 5.03. The largest absolute Gasteiger partial charge is 0.381 e. The van der Waals surface area contributed by atoms with Crippen molar-refractivity contribution < 1.29 is 4.74 Å². The van der Waals surface area contributed by atoms with Gasteiger partial charge in [-0.25, -0.2) is 9.97 Å². The number of rotatable bonds is 7. The van der Waals surface area contributed by atoms with Gasteiger partial charge in [-0.3, -0.25) is 4.68 Å². The van der Waals surface area contributed by atoms with Gasteiger partial charge in [0.25, 0.3) is 0 Å². The van der Waals surface area contributed by atoms with Crippen molar-refractivity contribution in [2.75, 3.05) is 19.0 Å². The Hall–Kier alpha value is -1.95. The molecular formula is C15H23N5O. The fraction of sp³-hybridized carbons (Fsp3) is 0.533. The Morgan fingerprint density at radius 2 is 2.19 bits per heavy atom. The summed E-state index contributed by atoms with van der Waals surface area (Å²) in [5, 5.41) is 7.53. The molecule has 2 aromatic heterocycles. The predicted molar refractivity (Wildman–Crippen MR) is 83.2 cm³/mol. The first-order valence-corrected chi connectivity index (χ1v) is 7.26. The molecule has 1 N–H and O–H groups in total. The van der Waals surface area contributed by atoms with Crippen LogP contribution in [0.3, 0.4) is 0 Å². The average Bonchev–Trinajstić information content (AvgIpc) is 2.91. The molecule has 6 heteroatoms. The van der Waals surface area contributed by atoms with E-state index in [-0.39, 0.29) is 6.10 Å². The Morgan fingerprint density at radius 1 is 1.38 bits per heavy atom. The van der Waals surface area contributed by atoms with Crippen LogP contribution in [0.15, 0.2) is 18.5 Å². The molecule has 0 spiro atoms. The van der Waals surface area contributed by atoms with Gasteiger partial charge < -0.3 is 10.1 Å². The Labute approximate surface area is 125 Å². The van der Waals surface area contributed by atoms with E-state index in [1.54, 1.807) is 11.8 Å². The number of hydrogen-bond donors (Lipinski definition) is 1. The molecule has 0 aliphatic carbocycles. The van der Waals surface area contributed by atoms with Crippen LogP contribution in [0.5, 0.6) is 0 Å². The summed E-state index contributed by atoms with van der Waals surface area (Å²) in [7, 11) is 3.60. The topological polar surface area (TPSA) is 64.9 Å². The third-order valence-electron chi connectivity index (χ3n) is 3.20. The molecule has 0 saturated carbocycles. The summed E-state index contributed by atoms with van der Waals surface area (Å²) < 4.78 is 7.08. The lowest BCUT2D eigenvalue weighted by molar-refractivity contribution is 0.117. The lowest BCUT2D eigenvalue weighted by Gasteiger charge is -2.11. The Balaban J connectivity index is 2.31. The second kappa shape index (κ2) is 7.17. The van der Waals surface area contributed by atoms with Crippen molar-refractivity contribution in [3.63, 3.8) is 0 Å². The van der Waals surface area contributed by atoms with Crippen LogP contribution in [-0.4, -0.2) is 39.5 Å². The number of aromatic nitrogens is 4. The van der Waals surface area contributed by atoms with E-state index in [0.29, 0.717) is 6.42 Å². The first-order valence-electron chi connectivity index (χ1n) is 7.26. The van der Waals surface area contributed by atoms with Crippen LogP contribution in [0.25, 0.3) is 11.3 Å². The van der Waals surface area contributed by atoms with Crippen molar-refractivity contribution in [2.24, 2.45) is 7.05 Å². The zero-order chi connectivity index (χ0) is 15.2. The Morgan fingerprint density at radius 3 is 2.81 bits per heavy atom. The summed E-state index contributed by atoms with van der Waals surface area (Å²) in [4.78, 5) is 9.19. The van der Waals surface area contributed by atoms with Crippen LogP contribution >= 0.6 is 0 Å². The van der Waals surface area contributed by atoms with Gasteiger partial charge in [0.1, 0.15) is 11.6 Å². The second-order valence-electron chi connectivity index (χ2n) is 5.13. The normalized spacial score (nSPS) is 12.4. The van der Waals surface area contributed by atoms with Gasteiger partial charge in [-0.05, 0) is 13.3 Å². The molecule has 0 aromatic carbocycles. The first kappa shape index (κ1) is 15.4. The summed E-state index contributed by atoms with van der Waals surface area (Å²) in [5.41, 5.74) is 1.88. The molecule has 1 atom stereocenters. The van der Waals surface area contributed by atoms with Crippen LogP contribution in [-0.2, 0) is 18.2 Å². The van der Waals surface area contributed by atoms with Crippen LogP contribution in [0.1, 0.15) is 26.1 Å². The smallest absolute Gasteiger partial charge is 0.134 e. The maximum Gasteiger partial charge on any atom is 0.134 e. The molecule has 0 saturated heterocycles. The Kier molecular flexibility index (Phi) is 5.27. The lowest BCUT2D eigenvalue weighted by Crippen LogP contribution is -2.13. The summed E-state index contributed by atoms with van der Waals surface area (Å²) >= 11 is 0. The van der Waals surface area contributed by atoms with Gasteiger partial charge in [-0.15, -0.1) is 0 Å². The average molecular weight is 289 g/mol. The lowest BCUT2D eigenvalue weighted by atomic mass is 10.2. The molecule has 0 bridgehead atoms. The van der Waals surface area contributed by atoms with Crippen LogP contribution in [0.4, 0.5) is 5.82 Å². The van der Waals surface area contributed by atoms with Gasteiger partial charge in [-0.2, -0.15) is 5.10 Å². The molecule has 0 fully saturated rings. The van der Waals surface area contributed by atoms with E-state index in [2.05, 4.69) is 27.3 Å². The highest BCUT2D eigenvalue weighted by molar-refractivity contribution is 5.61. The molecule has 2 rings (SSSR count). The zero-order valence-corrected chi connectivity index (χ0v) is 13.1. The molecule has 6 nitrogen and oxygen atoms in total. The number of hydrogen-bond acceptors (Lipinski definition) is 5. The van der Waals surface area contributed by atoms with E-state index in [4.69, 9.17) is 4.74 Å². The highest BCUT2D eigenvalue weighted by Gasteiger charge is 2.11. The maximum atomic E-state index is 5.31. The number of ether oxygens (including phenoxy) is 1. The molecule has 1 unspecified atom stereocenters. The van der Waals surface area contributed by atoms with Crippen molar-refractivity contribution in [3.8, 4) is 11.3 Å². The summed E-state index contributed by atoms with van der Waals surface area (Å²) in [5.74, 6) is 1.63. The van der Waals surface area contributed by atoms with E-state index >= 15 is 0 Å². The Bertz CT molecular complexity index is 581. The summed E-state index contributed by atoms with van der Waals surface area (Å²) in [6, 6.07) is 1.97. The fourth-order valence-electron chi connectivity index (χ4n) is 1.97. The number of nitrogens with one attached hydrogen (secondary N) is 1. The van der Waals surface area contributed by atoms with Crippen LogP contribution in [0, 0.1) is 0 Å². The van der Waals surface area contributed by atoms with Gasteiger partial charge in [0.2, 0.25) is 0 Å². The molecule has 2 heterocycles. The molecule has 2 aromatic rings. The quantitative estimate of drug-likeness (QED) is 0.847. The number of methoxy groups -OCH3 is 1. The van der Waals surface area contributed by atoms with Gasteiger partial charge in [0, 0.05) is 44.9 Å². The first-order chi connectivity index (χ1) is 10.1. The van der Waals surface area contributed by atoms with Crippen molar-refractivity contribution in [1.29, 1.82) is 0 Å². The third kappa shape index (κ3) is 4.26.